The topological polar surface area (TPSA) is 96.7 Å². The highest BCUT2D eigenvalue weighted by Crippen LogP contribution is 2.33. The number of aromatic nitrogens is 4. The molecule has 0 bridgehead atoms. The number of hydrogen-bond acceptors (Lipinski definition) is 6. The number of hydrogen-bond donors (Lipinski definition) is 0. The minimum Gasteiger partial charge on any atom is -0.444 e. The molecule has 6 rings (SSSR count). The maximum Gasteiger partial charge on any atom is 0.410 e. The molecule has 1 fully saturated rings. The lowest BCUT2D eigenvalue weighted by Crippen LogP contribution is -2.56. The van der Waals surface area contributed by atoms with E-state index in [1.165, 1.54) is 0 Å². The molecule has 4 heterocycles. The van der Waals surface area contributed by atoms with Gasteiger partial charge in [0.1, 0.15) is 11.4 Å². The zero-order valence-electron chi connectivity index (χ0n) is 24.7. The summed E-state index contributed by atoms with van der Waals surface area (Å²) in [6, 6.07) is 17.6. The lowest BCUT2D eigenvalue weighted by Gasteiger charge is -2.41. The first-order valence-corrected chi connectivity index (χ1v) is 14.6. The molecule has 0 aliphatic carbocycles. The fraction of sp³-hybridized carbons (Fsp3) is 0.406. The molecule has 218 valence electrons. The summed E-state index contributed by atoms with van der Waals surface area (Å²) < 4.78 is 7.79. The Balaban J connectivity index is 1.34. The molecule has 4 aromatic rings. The molecule has 0 saturated carbocycles. The van der Waals surface area contributed by atoms with Gasteiger partial charge in [-0.3, -0.25) is 4.90 Å². The monoisotopic (exact) mass is 567 g/mol. The van der Waals surface area contributed by atoms with E-state index in [1.807, 2.05) is 92.1 Å². The van der Waals surface area contributed by atoms with Gasteiger partial charge in [-0.15, -0.1) is 10.2 Å². The average Bonchev–Trinajstić information content (AvgIpc) is 3.41. The number of rotatable bonds is 3. The number of fused-ring (bicyclic) bond motifs is 2. The fourth-order valence-electron chi connectivity index (χ4n) is 5.92. The number of urea groups is 1. The molecule has 2 aliphatic heterocycles. The largest absolute Gasteiger partial charge is 0.444 e. The molecule has 0 N–H and O–H groups in total. The summed E-state index contributed by atoms with van der Waals surface area (Å²) >= 11 is 0. The number of aryl methyl sites for hydroxylation is 1. The highest BCUT2D eigenvalue weighted by atomic mass is 16.6. The average molecular weight is 568 g/mol. The minimum atomic E-state index is -0.601. The van der Waals surface area contributed by atoms with E-state index in [2.05, 4.69) is 14.8 Å². The number of nitrogens with zero attached hydrogens (tertiary/aromatic N) is 7. The van der Waals surface area contributed by atoms with E-state index < -0.39 is 5.60 Å². The lowest BCUT2D eigenvalue weighted by atomic mass is 10.0. The lowest BCUT2D eigenvalue weighted by molar-refractivity contribution is 0.0197. The van der Waals surface area contributed by atoms with Crippen molar-refractivity contribution in [2.24, 2.45) is 0 Å². The molecule has 3 amide bonds. The third-order valence-corrected chi connectivity index (χ3v) is 7.88. The van der Waals surface area contributed by atoms with E-state index in [4.69, 9.17) is 9.72 Å². The summed E-state index contributed by atoms with van der Waals surface area (Å²) in [6.45, 7) is 10.0. The molecular formula is C32H37N7O3. The molecule has 0 radical (unpaired) electrons. The molecule has 2 aromatic carbocycles. The van der Waals surface area contributed by atoms with Gasteiger partial charge in [0.05, 0.1) is 12.6 Å². The predicted molar refractivity (Wildman–Crippen MR) is 161 cm³/mol. The first kappa shape index (κ1) is 27.7. The zero-order chi connectivity index (χ0) is 29.4. The van der Waals surface area contributed by atoms with Crippen LogP contribution in [0.5, 0.6) is 0 Å². The number of likely N-dealkylation sites (tertiary alicyclic amines) is 1. The van der Waals surface area contributed by atoms with Crippen LogP contribution in [-0.2, 0) is 17.8 Å². The summed E-state index contributed by atoms with van der Waals surface area (Å²) in [5.41, 5.74) is 1.44. The molecule has 2 aliphatic rings. The van der Waals surface area contributed by atoms with Crippen LogP contribution in [-0.4, -0.2) is 72.9 Å². The Morgan fingerprint density at radius 3 is 2.55 bits per heavy atom. The van der Waals surface area contributed by atoms with Crippen LogP contribution < -0.4 is 4.90 Å². The number of benzene rings is 2. The van der Waals surface area contributed by atoms with Gasteiger partial charge in [0, 0.05) is 43.3 Å². The molecule has 42 heavy (non-hydrogen) atoms. The second-order valence-corrected chi connectivity index (χ2v) is 12.1. The van der Waals surface area contributed by atoms with E-state index in [9.17, 15) is 9.59 Å². The van der Waals surface area contributed by atoms with Crippen molar-refractivity contribution in [1.29, 1.82) is 0 Å². The van der Waals surface area contributed by atoms with Crippen LogP contribution in [0.25, 0.3) is 22.2 Å². The maximum atomic E-state index is 14.6. The summed E-state index contributed by atoms with van der Waals surface area (Å²) in [4.78, 5) is 37.8. The Kier molecular flexibility index (Phi) is 7.30. The van der Waals surface area contributed by atoms with Gasteiger partial charge in [0.15, 0.2) is 11.6 Å². The normalized spacial score (nSPS) is 17.2. The molecule has 0 spiro atoms. The van der Waals surface area contributed by atoms with E-state index in [0.717, 1.165) is 46.4 Å². The summed E-state index contributed by atoms with van der Waals surface area (Å²) in [5.74, 6) is 2.17. The highest BCUT2D eigenvalue weighted by Gasteiger charge is 2.38. The first-order valence-electron chi connectivity index (χ1n) is 14.6. The van der Waals surface area contributed by atoms with E-state index >= 15 is 0 Å². The molecular weight excluding hydrogens is 530 g/mol. The predicted octanol–water partition coefficient (Wildman–Crippen LogP) is 5.64. The molecule has 10 heteroatoms. The number of carbonyl (C=O) groups is 2. The van der Waals surface area contributed by atoms with Gasteiger partial charge >= 0.3 is 12.1 Å². The quantitative estimate of drug-likeness (QED) is 0.318. The van der Waals surface area contributed by atoms with E-state index in [1.54, 1.807) is 11.1 Å². The number of piperidine rings is 1. The van der Waals surface area contributed by atoms with Crippen molar-refractivity contribution in [2.45, 2.75) is 65.3 Å². The van der Waals surface area contributed by atoms with Crippen LogP contribution in [0.3, 0.4) is 0 Å². The maximum absolute atomic E-state index is 14.6. The number of amides is 3. The van der Waals surface area contributed by atoms with Crippen LogP contribution in [0.1, 0.15) is 45.0 Å². The molecule has 10 nitrogen and oxygen atoms in total. The van der Waals surface area contributed by atoms with Gasteiger partial charge in [0.2, 0.25) is 0 Å². The number of anilines is 1. The Labute approximate surface area is 245 Å². The van der Waals surface area contributed by atoms with Crippen LogP contribution in [0.2, 0.25) is 0 Å². The van der Waals surface area contributed by atoms with Gasteiger partial charge in [-0.1, -0.05) is 48.5 Å². The van der Waals surface area contributed by atoms with Gasteiger partial charge in [-0.2, -0.15) is 0 Å². The van der Waals surface area contributed by atoms with Gasteiger partial charge in [0.25, 0.3) is 0 Å². The van der Waals surface area contributed by atoms with Crippen molar-refractivity contribution in [2.75, 3.05) is 24.5 Å². The van der Waals surface area contributed by atoms with Crippen LogP contribution in [0, 0.1) is 6.92 Å². The van der Waals surface area contributed by atoms with Gasteiger partial charge < -0.3 is 19.1 Å². The van der Waals surface area contributed by atoms with Crippen LogP contribution in [0.15, 0.2) is 60.8 Å². The third kappa shape index (κ3) is 5.41. The van der Waals surface area contributed by atoms with Crippen molar-refractivity contribution in [1.82, 2.24) is 29.5 Å². The van der Waals surface area contributed by atoms with Crippen molar-refractivity contribution in [3.05, 3.63) is 72.2 Å². The van der Waals surface area contributed by atoms with E-state index in [-0.39, 0.29) is 18.2 Å². The fourth-order valence-corrected chi connectivity index (χ4v) is 5.92. The van der Waals surface area contributed by atoms with E-state index in [0.29, 0.717) is 38.5 Å². The second-order valence-electron chi connectivity index (χ2n) is 12.1. The number of pyridine rings is 1. The molecule has 2 aromatic heterocycles. The smallest absolute Gasteiger partial charge is 0.410 e. The van der Waals surface area contributed by atoms with Crippen molar-refractivity contribution >= 4 is 28.7 Å². The van der Waals surface area contributed by atoms with Crippen LogP contribution >= 0.6 is 0 Å². The standard InChI is InChI=1S/C32H37N7O3/c1-22-10-8-13-23-15-16-33-29(27(22)23)39(25-14-9-17-37(20-25)31(41)42-32(2,3)4)30(40)36-18-19-38-26(21-36)34-35-28(38)24-11-6-5-7-12-24/h5-8,10-13,15-16,25H,9,14,17-21H2,1-4H3/t25-/m1/s1. The SMILES string of the molecule is Cc1cccc2ccnc(N(C(=O)N3CCn4c(nnc4-c4ccccc4)C3)[C@@H]3CCCN(C(=O)OC(C)(C)C)C3)c12. The summed E-state index contributed by atoms with van der Waals surface area (Å²) in [7, 11) is 0. The molecule has 1 atom stereocenters. The number of carbonyl (C=O) groups excluding carboxylic acids is 2. The van der Waals surface area contributed by atoms with Gasteiger partial charge in [-0.05, 0) is 57.6 Å². The second kappa shape index (κ2) is 11.1. The highest BCUT2D eigenvalue weighted by molar-refractivity contribution is 6.03. The van der Waals surface area contributed by atoms with Gasteiger partial charge in [-0.25, -0.2) is 14.6 Å². The van der Waals surface area contributed by atoms with Crippen molar-refractivity contribution < 1.29 is 14.3 Å². The molecule has 1 saturated heterocycles. The first-order chi connectivity index (χ1) is 20.2. The number of ether oxygens (including phenoxy) is 1. The summed E-state index contributed by atoms with van der Waals surface area (Å²) in [6.07, 6.45) is 2.90. The Hall–Kier alpha value is -4.47. The minimum absolute atomic E-state index is 0.148. The molecule has 0 unspecified atom stereocenters. The Bertz CT molecular complexity index is 1610. The summed E-state index contributed by atoms with van der Waals surface area (Å²) in [5, 5.41) is 10.9. The van der Waals surface area contributed by atoms with Crippen LogP contribution in [0.4, 0.5) is 15.4 Å². The Morgan fingerprint density at radius 2 is 1.76 bits per heavy atom. The van der Waals surface area contributed by atoms with Crippen molar-refractivity contribution in [3.63, 3.8) is 0 Å². The zero-order valence-corrected chi connectivity index (χ0v) is 24.7. The Morgan fingerprint density at radius 1 is 0.952 bits per heavy atom. The van der Waals surface area contributed by atoms with Crippen molar-refractivity contribution in [3.8, 4) is 11.4 Å². The third-order valence-electron chi connectivity index (χ3n) is 7.88.